The molecule has 0 radical (unpaired) electrons. The zero-order valence-electron chi connectivity index (χ0n) is 9.96. The highest BCUT2D eigenvalue weighted by Gasteiger charge is 2.22. The summed E-state index contributed by atoms with van der Waals surface area (Å²) in [5.74, 6) is -0.149. The first kappa shape index (κ1) is 11.4. The van der Waals surface area contributed by atoms with Crippen LogP contribution in [0.2, 0.25) is 0 Å². The van der Waals surface area contributed by atoms with Gasteiger partial charge in [0.2, 0.25) is 0 Å². The van der Waals surface area contributed by atoms with E-state index in [1.807, 2.05) is 13.0 Å². The maximum atomic E-state index is 13.0. The van der Waals surface area contributed by atoms with Gasteiger partial charge >= 0.3 is 0 Å². The van der Waals surface area contributed by atoms with Crippen molar-refractivity contribution in [3.63, 3.8) is 0 Å². The average molecular weight is 222 g/mol. The van der Waals surface area contributed by atoms with Gasteiger partial charge in [0.05, 0.1) is 0 Å². The zero-order valence-corrected chi connectivity index (χ0v) is 9.96. The van der Waals surface area contributed by atoms with E-state index in [1.165, 1.54) is 12.1 Å². The lowest BCUT2D eigenvalue weighted by molar-refractivity contribution is 0.572. The van der Waals surface area contributed by atoms with E-state index in [9.17, 15) is 4.39 Å². The van der Waals surface area contributed by atoms with Gasteiger partial charge < -0.3 is 10.2 Å². The third-order valence-corrected chi connectivity index (χ3v) is 3.18. The summed E-state index contributed by atoms with van der Waals surface area (Å²) in [6.07, 6.45) is 1.17. The zero-order chi connectivity index (χ0) is 11.5. The molecule has 1 fully saturated rings. The van der Waals surface area contributed by atoms with Crippen LogP contribution in [0.15, 0.2) is 18.2 Å². The first-order chi connectivity index (χ1) is 7.70. The van der Waals surface area contributed by atoms with E-state index in [0.717, 1.165) is 25.2 Å². The van der Waals surface area contributed by atoms with Gasteiger partial charge in [-0.05, 0) is 43.7 Å². The van der Waals surface area contributed by atoms with Gasteiger partial charge in [0.15, 0.2) is 0 Å². The lowest BCUT2D eigenvalue weighted by Gasteiger charge is -2.21. The SMILES string of the molecule is CCNC1CCN(c2ccc(F)cc2C)C1. The van der Waals surface area contributed by atoms with E-state index >= 15 is 0 Å². The van der Waals surface area contributed by atoms with Crippen molar-refractivity contribution in [2.24, 2.45) is 0 Å². The Balaban J connectivity index is 2.08. The normalized spacial score (nSPS) is 20.4. The Hall–Kier alpha value is -1.09. The van der Waals surface area contributed by atoms with Crippen molar-refractivity contribution < 1.29 is 4.39 Å². The number of hydrogen-bond donors (Lipinski definition) is 1. The third-order valence-electron chi connectivity index (χ3n) is 3.18. The summed E-state index contributed by atoms with van der Waals surface area (Å²) in [4.78, 5) is 2.34. The molecule has 1 aliphatic heterocycles. The summed E-state index contributed by atoms with van der Waals surface area (Å²) < 4.78 is 13.0. The minimum Gasteiger partial charge on any atom is -0.370 e. The largest absolute Gasteiger partial charge is 0.370 e. The highest BCUT2D eigenvalue weighted by atomic mass is 19.1. The van der Waals surface area contributed by atoms with Crippen LogP contribution in [0.5, 0.6) is 0 Å². The molecule has 1 unspecified atom stereocenters. The van der Waals surface area contributed by atoms with E-state index in [0.29, 0.717) is 6.04 Å². The molecule has 0 aliphatic carbocycles. The van der Waals surface area contributed by atoms with Crippen molar-refractivity contribution >= 4 is 5.69 Å². The Bertz CT molecular complexity index is 365. The fraction of sp³-hybridized carbons (Fsp3) is 0.538. The van der Waals surface area contributed by atoms with Crippen LogP contribution in [0.4, 0.5) is 10.1 Å². The van der Waals surface area contributed by atoms with Gasteiger partial charge in [-0.3, -0.25) is 0 Å². The fourth-order valence-electron chi connectivity index (χ4n) is 2.41. The standard InChI is InChI=1S/C13H19FN2/c1-3-15-12-6-7-16(9-12)13-5-4-11(14)8-10(13)2/h4-5,8,12,15H,3,6-7,9H2,1-2H3. The molecule has 1 aliphatic rings. The molecule has 1 aromatic carbocycles. The van der Waals surface area contributed by atoms with Crippen LogP contribution in [-0.4, -0.2) is 25.7 Å². The number of likely N-dealkylation sites (N-methyl/N-ethyl adjacent to an activating group) is 1. The maximum absolute atomic E-state index is 13.0. The Labute approximate surface area is 96.5 Å². The van der Waals surface area contributed by atoms with Crippen molar-refractivity contribution in [2.75, 3.05) is 24.5 Å². The van der Waals surface area contributed by atoms with Crippen LogP contribution in [0.25, 0.3) is 0 Å². The topological polar surface area (TPSA) is 15.3 Å². The Morgan fingerprint density at radius 3 is 3.00 bits per heavy atom. The molecule has 1 atom stereocenters. The second kappa shape index (κ2) is 4.83. The van der Waals surface area contributed by atoms with E-state index in [4.69, 9.17) is 0 Å². The number of anilines is 1. The Morgan fingerprint density at radius 1 is 1.50 bits per heavy atom. The molecule has 1 heterocycles. The molecular weight excluding hydrogens is 203 g/mol. The average Bonchev–Trinajstić information content (AvgIpc) is 2.67. The summed E-state index contributed by atoms with van der Waals surface area (Å²) in [5.41, 5.74) is 2.19. The van der Waals surface area contributed by atoms with E-state index in [1.54, 1.807) is 12.1 Å². The number of halogens is 1. The van der Waals surface area contributed by atoms with Gasteiger partial charge in [0, 0.05) is 24.8 Å². The molecule has 0 spiro atoms. The molecule has 1 saturated heterocycles. The minimum absolute atomic E-state index is 0.149. The second-order valence-corrected chi connectivity index (χ2v) is 4.42. The van der Waals surface area contributed by atoms with Crippen LogP contribution in [0.3, 0.4) is 0 Å². The molecule has 2 rings (SSSR count). The van der Waals surface area contributed by atoms with E-state index < -0.39 is 0 Å². The summed E-state index contributed by atoms with van der Waals surface area (Å²) in [6.45, 7) is 7.20. The van der Waals surface area contributed by atoms with Crippen molar-refractivity contribution in [1.29, 1.82) is 0 Å². The van der Waals surface area contributed by atoms with Crippen LogP contribution in [-0.2, 0) is 0 Å². The van der Waals surface area contributed by atoms with Crippen LogP contribution in [0.1, 0.15) is 18.9 Å². The maximum Gasteiger partial charge on any atom is 0.123 e. The molecule has 3 heteroatoms. The molecule has 1 aromatic rings. The molecule has 0 aromatic heterocycles. The van der Waals surface area contributed by atoms with Gasteiger partial charge in [-0.1, -0.05) is 6.92 Å². The van der Waals surface area contributed by atoms with Gasteiger partial charge in [-0.2, -0.15) is 0 Å². The second-order valence-electron chi connectivity index (χ2n) is 4.42. The fourth-order valence-corrected chi connectivity index (χ4v) is 2.41. The molecule has 0 amide bonds. The Morgan fingerprint density at radius 2 is 2.31 bits per heavy atom. The quantitative estimate of drug-likeness (QED) is 0.844. The monoisotopic (exact) mass is 222 g/mol. The smallest absolute Gasteiger partial charge is 0.123 e. The lowest BCUT2D eigenvalue weighted by Crippen LogP contribution is -2.32. The molecule has 0 bridgehead atoms. The summed E-state index contributed by atoms with van der Waals surface area (Å²) >= 11 is 0. The van der Waals surface area contributed by atoms with Gasteiger partial charge in [0.1, 0.15) is 5.82 Å². The summed E-state index contributed by atoms with van der Waals surface area (Å²) in [7, 11) is 0. The van der Waals surface area contributed by atoms with Crippen LogP contribution >= 0.6 is 0 Å². The minimum atomic E-state index is -0.149. The van der Waals surface area contributed by atoms with E-state index in [2.05, 4.69) is 17.1 Å². The number of benzene rings is 1. The molecular formula is C13H19FN2. The number of rotatable bonds is 3. The first-order valence-corrected chi connectivity index (χ1v) is 5.95. The van der Waals surface area contributed by atoms with Crippen molar-refractivity contribution in [3.8, 4) is 0 Å². The predicted molar refractivity (Wildman–Crippen MR) is 65.4 cm³/mol. The first-order valence-electron chi connectivity index (χ1n) is 5.95. The molecule has 88 valence electrons. The molecule has 1 N–H and O–H groups in total. The van der Waals surface area contributed by atoms with Gasteiger partial charge in [-0.25, -0.2) is 4.39 Å². The number of hydrogen-bond acceptors (Lipinski definition) is 2. The van der Waals surface area contributed by atoms with Crippen LogP contribution < -0.4 is 10.2 Å². The van der Waals surface area contributed by atoms with Crippen molar-refractivity contribution in [2.45, 2.75) is 26.3 Å². The van der Waals surface area contributed by atoms with Crippen molar-refractivity contribution in [1.82, 2.24) is 5.32 Å². The third kappa shape index (κ3) is 2.35. The molecule has 16 heavy (non-hydrogen) atoms. The summed E-state index contributed by atoms with van der Waals surface area (Å²) in [5, 5.41) is 3.46. The number of nitrogens with one attached hydrogen (secondary N) is 1. The number of aryl methyl sites for hydroxylation is 1. The van der Waals surface area contributed by atoms with Gasteiger partial charge in [0.25, 0.3) is 0 Å². The lowest BCUT2D eigenvalue weighted by atomic mass is 10.2. The highest BCUT2D eigenvalue weighted by molar-refractivity contribution is 5.54. The van der Waals surface area contributed by atoms with Crippen molar-refractivity contribution in [3.05, 3.63) is 29.6 Å². The molecule has 2 nitrogen and oxygen atoms in total. The van der Waals surface area contributed by atoms with Gasteiger partial charge in [-0.15, -0.1) is 0 Å². The predicted octanol–water partition coefficient (Wildman–Crippen LogP) is 2.32. The highest BCUT2D eigenvalue weighted by Crippen LogP contribution is 2.24. The Kier molecular flexibility index (Phi) is 3.44. The van der Waals surface area contributed by atoms with E-state index in [-0.39, 0.29) is 5.82 Å². The molecule has 0 saturated carbocycles. The number of nitrogens with zero attached hydrogens (tertiary/aromatic N) is 1. The summed E-state index contributed by atoms with van der Waals surface area (Å²) in [6, 6.07) is 5.62. The van der Waals surface area contributed by atoms with Crippen LogP contribution in [0, 0.1) is 12.7 Å².